The van der Waals surface area contributed by atoms with Gasteiger partial charge in [0.05, 0.1) is 6.61 Å². The maximum atomic E-state index is 11.8. The van der Waals surface area contributed by atoms with E-state index in [1.165, 1.54) is 12.1 Å². The number of amides is 1. The fourth-order valence-corrected chi connectivity index (χ4v) is 1.70. The minimum atomic E-state index is -0.148. The van der Waals surface area contributed by atoms with Crippen LogP contribution in [0.4, 0.5) is 0 Å². The number of hydrogen-bond acceptors (Lipinski definition) is 3. The van der Waals surface area contributed by atoms with Crippen molar-refractivity contribution in [2.24, 2.45) is 0 Å². The zero-order valence-corrected chi connectivity index (χ0v) is 11.1. The number of aromatic hydroxyl groups is 1. The third-order valence-electron chi connectivity index (χ3n) is 2.75. The van der Waals surface area contributed by atoms with Gasteiger partial charge in [0.25, 0.3) is 5.91 Å². The summed E-state index contributed by atoms with van der Waals surface area (Å²) in [5.41, 5.74) is 0.534. The number of carbonyl (C=O) groups is 1. The first-order valence-corrected chi connectivity index (χ1v) is 6.51. The standard InChI is InChI=1S/C16H17NO3/c18-14-9-7-13(8-10-14)16(19)17-11-4-12-20-15-5-2-1-3-6-15/h1-3,5-10,18H,4,11-12H2,(H,17,19). The molecule has 0 aliphatic heterocycles. The molecule has 4 nitrogen and oxygen atoms in total. The topological polar surface area (TPSA) is 58.6 Å². The molecule has 2 rings (SSSR count). The molecule has 2 aromatic carbocycles. The Labute approximate surface area is 118 Å². The van der Waals surface area contributed by atoms with Gasteiger partial charge in [0.1, 0.15) is 11.5 Å². The average Bonchev–Trinajstić information content (AvgIpc) is 2.48. The summed E-state index contributed by atoms with van der Waals surface area (Å²) >= 11 is 0. The van der Waals surface area contributed by atoms with Crippen molar-refractivity contribution in [3.8, 4) is 11.5 Å². The Balaban J connectivity index is 1.66. The summed E-state index contributed by atoms with van der Waals surface area (Å²) in [6.45, 7) is 1.10. The number of para-hydroxylation sites is 1. The molecule has 0 aliphatic carbocycles. The first-order valence-electron chi connectivity index (χ1n) is 6.51. The third kappa shape index (κ3) is 4.31. The number of nitrogens with one attached hydrogen (secondary N) is 1. The summed E-state index contributed by atoms with van der Waals surface area (Å²) < 4.78 is 5.52. The van der Waals surface area contributed by atoms with Crippen LogP contribution in [0.3, 0.4) is 0 Å². The van der Waals surface area contributed by atoms with Crippen molar-refractivity contribution in [2.75, 3.05) is 13.2 Å². The molecular weight excluding hydrogens is 254 g/mol. The molecule has 0 bridgehead atoms. The molecule has 0 saturated carbocycles. The predicted octanol–water partition coefficient (Wildman–Crippen LogP) is 2.59. The number of carbonyl (C=O) groups excluding carboxylic acids is 1. The highest BCUT2D eigenvalue weighted by molar-refractivity contribution is 5.94. The van der Waals surface area contributed by atoms with E-state index in [0.717, 1.165) is 12.2 Å². The van der Waals surface area contributed by atoms with E-state index in [9.17, 15) is 4.79 Å². The molecule has 0 radical (unpaired) electrons. The van der Waals surface area contributed by atoms with E-state index in [4.69, 9.17) is 9.84 Å². The first kappa shape index (κ1) is 13.9. The number of benzene rings is 2. The van der Waals surface area contributed by atoms with Crippen LogP contribution in [0.25, 0.3) is 0 Å². The molecular formula is C16H17NO3. The molecule has 2 aromatic rings. The fraction of sp³-hybridized carbons (Fsp3) is 0.188. The van der Waals surface area contributed by atoms with Gasteiger partial charge in [0.15, 0.2) is 0 Å². The van der Waals surface area contributed by atoms with E-state index < -0.39 is 0 Å². The molecule has 0 fully saturated rings. The molecule has 0 aliphatic rings. The minimum absolute atomic E-state index is 0.148. The van der Waals surface area contributed by atoms with E-state index in [-0.39, 0.29) is 11.7 Å². The molecule has 104 valence electrons. The van der Waals surface area contributed by atoms with Crippen molar-refractivity contribution in [3.63, 3.8) is 0 Å². The van der Waals surface area contributed by atoms with Gasteiger partial charge in [-0.05, 0) is 42.8 Å². The Morgan fingerprint density at radius 2 is 1.75 bits per heavy atom. The van der Waals surface area contributed by atoms with Crippen LogP contribution >= 0.6 is 0 Å². The predicted molar refractivity (Wildman–Crippen MR) is 77.0 cm³/mol. The third-order valence-corrected chi connectivity index (χ3v) is 2.75. The largest absolute Gasteiger partial charge is 0.508 e. The monoisotopic (exact) mass is 271 g/mol. The first-order chi connectivity index (χ1) is 9.75. The summed E-state index contributed by atoms with van der Waals surface area (Å²) in [4.78, 5) is 11.8. The molecule has 0 atom stereocenters. The van der Waals surface area contributed by atoms with Gasteiger partial charge in [-0.25, -0.2) is 0 Å². The highest BCUT2D eigenvalue weighted by Gasteiger charge is 2.04. The Morgan fingerprint density at radius 3 is 2.45 bits per heavy atom. The zero-order valence-electron chi connectivity index (χ0n) is 11.1. The van der Waals surface area contributed by atoms with Crippen molar-refractivity contribution in [1.82, 2.24) is 5.32 Å². The lowest BCUT2D eigenvalue weighted by atomic mass is 10.2. The Bertz CT molecular complexity index is 537. The molecule has 0 spiro atoms. The Morgan fingerprint density at radius 1 is 1.05 bits per heavy atom. The molecule has 0 unspecified atom stereocenters. The Hall–Kier alpha value is -2.49. The number of phenols is 1. The van der Waals surface area contributed by atoms with Crippen molar-refractivity contribution >= 4 is 5.91 Å². The summed E-state index contributed by atoms with van der Waals surface area (Å²) in [6.07, 6.45) is 0.735. The second-order valence-electron chi connectivity index (χ2n) is 4.32. The summed E-state index contributed by atoms with van der Waals surface area (Å²) in [5, 5.41) is 11.9. The van der Waals surface area contributed by atoms with Gasteiger partial charge in [0.2, 0.25) is 0 Å². The second-order valence-corrected chi connectivity index (χ2v) is 4.32. The summed E-state index contributed by atoms with van der Waals surface area (Å²) in [6, 6.07) is 15.7. The lowest BCUT2D eigenvalue weighted by molar-refractivity contribution is 0.0951. The zero-order chi connectivity index (χ0) is 14.2. The molecule has 0 aromatic heterocycles. The molecule has 0 heterocycles. The fourth-order valence-electron chi connectivity index (χ4n) is 1.70. The van der Waals surface area contributed by atoms with Crippen LogP contribution in [-0.4, -0.2) is 24.2 Å². The summed E-state index contributed by atoms with van der Waals surface area (Å²) in [5.74, 6) is 0.833. The number of phenolic OH excluding ortho intramolecular Hbond substituents is 1. The van der Waals surface area contributed by atoms with Crippen molar-refractivity contribution < 1.29 is 14.6 Å². The van der Waals surface area contributed by atoms with Gasteiger partial charge in [-0.1, -0.05) is 18.2 Å². The van der Waals surface area contributed by atoms with Gasteiger partial charge in [-0.2, -0.15) is 0 Å². The maximum absolute atomic E-state index is 11.8. The van der Waals surface area contributed by atoms with E-state index in [0.29, 0.717) is 18.7 Å². The van der Waals surface area contributed by atoms with Gasteiger partial charge in [-0.15, -0.1) is 0 Å². The molecule has 0 saturated heterocycles. The molecule has 1 amide bonds. The lowest BCUT2D eigenvalue weighted by Crippen LogP contribution is -2.25. The molecule has 20 heavy (non-hydrogen) atoms. The van der Waals surface area contributed by atoms with Gasteiger partial charge >= 0.3 is 0 Å². The highest BCUT2D eigenvalue weighted by Crippen LogP contribution is 2.10. The lowest BCUT2D eigenvalue weighted by Gasteiger charge is -2.07. The molecule has 4 heteroatoms. The van der Waals surface area contributed by atoms with Crippen LogP contribution in [0.5, 0.6) is 11.5 Å². The normalized spacial score (nSPS) is 10.0. The quantitative estimate of drug-likeness (QED) is 0.794. The van der Waals surface area contributed by atoms with Crippen LogP contribution in [-0.2, 0) is 0 Å². The Kier molecular flexibility index (Phi) is 5.00. The number of hydrogen-bond donors (Lipinski definition) is 2. The number of rotatable bonds is 6. The number of ether oxygens (including phenoxy) is 1. The molecule has 2 N–H and O–H groups in total. The van der Waals surface area contributed by atoms with Crippen molar-refractivity contribution in [1.29, 1.82) is 0 Å². The van der Waals surface area contributed by atoms with E-state index in [1.807, 2.05) is 30.3 Å². The van der Waals surface area contributed by atoms with Crippen molar-refractivity contribution in [3.05, 3.63) is 60.2 Å². The van der Waals surface area contributed by atoms with Crippen LogP contribution < -0.4 is 10.1 Å². The van der Waals surface area contributed by atoms with E-state index in [2.05, 4.69) is 5.32 Å². The van der Waals surface area contributed by atoms with Gasteiger partial charge in [0, 0.05) is 12.1 Å². The maximum Gasteiger partial charge on any atom is 0.251 e. The average molecular weight is 271 g/mol. The van der Waals surface area contributed by atoms with Crippen LogP contribution in [0.15, 0.2) is 54.6 Å². The SMILES string of the molecule is O=C(NCCCOc1ccccc1)c1ccc(O)cc1. The van der Waals surface area contributed by atoms with Crippen LogP contribution in [0, 0.1) is 0 Å². The van der Waals surface area contributed by atoms with Crippen LogP contribution in [0.2, 0.25) is 0 Å². The minimum Gasteiger partial charge on any atom is -0.508 e. The summed E-state index contributed by atoms with van der Waals surface area (Å²) in [7, 11) is 0. The highest BCUT2D eigenvalue weighted by atomic mass is 16.5. The van der Waals surface area contributed by atoms with Gasteiger partial charge in [-0.3, -0.25) is 4.79 Å². The van der Waals surface area contributed by atoms with E-state index in [1.54, 1.807) is 12.1 Å². The van der Waals surface area contributed by atoms with Crippen molar-refractivity contribution in [2.45, 2.75) is 6.42 Å². The van der Waals surface area contributed by atoms with Crippen LogP contribution in [0.1, 0.15) is 16.8 Å². The second kappa shape index (κ2) is 7.19. The smallest absolute Gasteiger partial charge is 0.251 e. The van der Waals surface area contributed by atoms with E-state index >= 15 is 0 Å². The van der Waals surface area contributed by atoms with Gasteiger partial charge < -0.3 is 15.2 Å².